The first-order valence-electron chi connectivity index (χ1n) is 4.44. The largest absolute Gasteiger partial charge is 0.325 e. The van der Waals surface area contributed by atoms with Gasteiger partial charge in [0.1, 0.15) is 0 Å². The fraction of sp³-hybridized carbons (Fsp3) is 0.200. The molecule has 4 nitrogen and oxygen atoms in total. The summed E-state index contributed by atoms with van der Waals surface area (Å²) in [6, 6.07) is 5.83. The van der Waals surface area contributed by atoms with E-state index in [-0.39, 0.29) is 0 Å². The quantitative estimate of drug-likeness (QED) is 0.763. The number of pyridine rings is 1. The van der Waals surface area contributed by atoms with Crippen LogP contribution in [0.3, 0.4) is 0 Å². The zero-order valence-corrected chi connectivity index (χ0v) is 8.01. The van der Waals surface area contributed by atoms with Crippen molar-refractivity contribution in [2.45, 2.75) is 6.54 Å². The van der Waals surface area contributed by atoms with Gasteiger partial charge in [0.15, 0.2) is 0 Å². The van der Waals surface area contributed by atoms with Crippen molar-refractivity contribution in [2.75, 3.05) is 0 Å². The van der Waals surface area contributed by atoms with Gasteiger partial charge in [0.2, 0.25) is 0 Å². The number of hydrogen-bond donors (Lipinski definition) is 1. The topological polar surface area (TPSA) is 56.7 Å². The van der Waals surface area contributed by atoms with Crippen molar-refractivity contribution < 1.29 is 0 Å². The van der Waals surface area contributed by atoms with E-state index in [9.17, 15) is 0 Å². The third kappa shape index (κ3) is 1.65. The number of nitrogens with two attached hydrogens (primary N) is 1. The summed E-state index contributed by atoms with van der Waals surface area (Å²) in [4.78, 5) is 4.40. The molecule has 0 aliphatic rings. The molecule has 0 atom stereocenters. The Kier molecular flexibility index (Phi) is 2.28. The average Bonchev–Trinajstić information content (AvgIpc) is 2.65. The van der Waals surface area contributed by atoms with Gasteiger partial charge in [-0.25, -0.2) is 0 Å². The summed E-state index contributed by atoms with van der Waals surface area (Å²) < 4.78 is 1.76. The summed E-state index contributed by atoms with van der Waals surface area (Å²) in [5.41, 5.74) is 8.35. The molecule has 0 aromatic carbocycles. The maximum atomic E-state index is 5.52. The minimum Gasteiger partial charge on any atom is -0.325 e. The van der Waals surface area contributed by atoms with Gasteiger partial charge in [-0.15, -0.1) is 0 Å². The van der Waals surface area contributed by atoms with Gasteiger partial charge in [-0.1, -0.05) is 6.07 Å². The minimum atomic E-state index is 0.466. The Morgan fingerprint density at radius 3 is 2.93 bits per heavy atom. The zero-order valence-electron chi connectivity index (χ0n) is 8.01. The lowest BCUT2D eigenvalue weighted by atomic mass is 10.2. The lowest BCUT2D eigenvalue weighted by molar-refractivity contribution is 0.768. The van der Waals surface area contributed by atoms with Crippen molar-refractivity contribution in [3.05, 3.63) is 36.3 Å². The van der Waals surface area contributed by atoms with E-state index in [1.54, 1.807) is 10.9 Å². The Hall–Kier alpha value is -1.68. The van der Waals surface area contributed by atoms with Gasteiger partial charge in [-0.05, 0) is 12.1 Å². The monoisotopic (exact) mass is 188 g/mol. The molecule has 0 unspecified atom stereocenters. The molecule has 2 heterocycles. The van der Waals surface area contributed by atoms with E-state index in [0.717, 1.165) is 17.0 Å². The van der Waals surface area contributed by atoms with Crippen molar-refractivity contribution in [3.63, 3.8) is 0 Å². The van der Waals surface area contributed by atoms with Crippen LogP contribution >= 0.6 is 0 Å². The highest BCUT2D eigenvalue weighted by atomic mass is 15.2. The smallest absolute Gasteiger partial charge is 0.0737 e. The van der Waals surface area contributed by atoms with Crippen molar-refractivity contribution in [1.29, 1.82) is 0 Å². The van der Waals surface area contributed by atoms with Gasteiger partial charge in [-0.2, -0.15) is 5.10 Å². The third-order valence-corrected chi connectivity index (χ3v) is 2.02. The van der Waals surface area contributed by atoms with Crippen LogP contribution in [0.4, 0.5) is 0 Å². The molecule has 4 heteroatoms. The van der Waals surface area contributed by atoms with Crippen LogP contribution in [0.5, 0.6) is 0 Å². The van der Waals surface area contributed by atoms with Gasteiger partial charge >= 0.3 is 0 Å². The third-order valence-electron chi connectivity index (χ3n) is 2.02. The molecule has 0 radical (unpaired) electrons. The zero-order chi connectivity index (χ0) is 9.97. The highest BCUT2D eigenvalue weighted by Gasteiger charge is 2.01. The fourth-order valence-corrected chi connectivity index (χ4v) is 1.31. The summed E-state index contributed by atoms with van der Waals surface area (Å²) >= 11 is 0. The first-order chi connectivity index (χ1) is 6.79. The Bertz CT molecular complexity index is 433. The van der Waals surface area contributed by atoms with Crippen LogP contribution in [0.2, 0.25) is 0 Å². The number of nitrogens with zero attached hydrogens (tertiary/aromatic N) is 3. The molecule has 14 heavy (non-hydrogen) atoms. The second kappa shape index (κ2) is 3.59. The average molecular weight is 188 g/mol. The molecular weight excluding hydrogens is 176 g/mol. The predicted octanol–water partition coefficient (Wildman–Crippen LogP) is 0.941. The molecule has 0 saturated carbocycles. The van der Waals surface area contributed by atoms with Crippen molar-refractivity contribution in [2.24, 2.45) is 12.8 Å². The van der Waals surface area contributed by atoms with Gasteiger partial charge in [-0.3, -0.25) is 9.67 Å². The molecule has 0 bridgehead atoms. The molecule has 0 aliphatic heterocycles. The number of rotatable bonds is 2. The molecule has 2 aromatic rings. The summed E-state index contributed by atoms with van der Waals surface area (Å²) in [5.74, 6) is 0. The number of aromatic nitrogens is 3. The summed E-state index contributed by atoms with van der Waals surface area (Å²) in [6.45, 7) is 0.466. The Morgan fingerprint density at radius 2 is 2.29 bits per heavy atom. The summed E-state index contributed by atoms with van der Waals surface area (Å²) in [5, 5.41) is 4.09. The Labute approximate surface area is 82.4 Å². The molecule has 72 valence electrons. The lowest BCUT2D eigenvalue weighted by Crippen LogP contribution is -1.99. The van der Waals surface area contributed by atoms with Gasteiger partial charge in [0.05, 0.1) is 17.6 Å². The SMILES string of the molecule is Cn1cc(-c2cccc(CN)n2)cn1. The van der Waals surface area contributed by atoms with E-state index in [2.05, 4.69) is 10.1 Å². The normalized spacial score (nSPS) is 10.4. The molecule has 0 aliphatic carbocycles. The molecular formula is C10H12N4. The van der Waals surface area contributed by atoms with E-state index in [4.69, 9.17) is 5.73 Å². The maximum Gasteiger partial charge on any atom is 0.0737 e. The highest BCUT2D eigenvalue weighted by molar-refractivity contribution is 5.56. The predicted molar refractivity (Wildman–Crippen MR) is 54.3 cm³/mol. The summed E-state index contributed by atoms with van der Waals surface area (Å²) in [6.07, 6.45) is 3.73. The van der Waals surface area contributed by atoms with E-state index >= 15 is 0 Å². The molecule has 0 amide bonds. The lowest BCUT2D eigenvalue weighted by Gasteiger charge is -1.99. The second-order valence-corrected chi connectivity index (χ2v) is 3.12. The van der Waals surface area contributed by atoms with Crippen molar-refractivity contribution in [1.82, 2.24) is 14.8 Å². The molecule has 2 N–H and O–H groups in total. The van der Waals surface area contributed by atoms with Crippen LogP contribution in [-0.4, -0.2) is 14.8 Å². The van der Waals surface area contributed by atoms with Crippen molar-refractivity contribution >= 4 is 0 Å². The van der Waals surface area contributed by atoms with Gasteiger partial charge in [0.25, 0.3) is 0 Å². The first-order valence-corrected chi connectivity index (χ1v) is 4.44. The molecule has 0 spiro atoms. The van der Waals surface area contributed by atoms with Crippen LogP contribution in [-0.2, 0) is 13.6 Å². The van der Waals surface area contributed by atoms with E-state index in [1.807, 2.05) is 31.4 Å². The standard InChI is InChI=1S/C10H12N4/c1-14-7-8(6-12-14)10-4-2-3-9(5-11)13-10/h2-4,6-7H,5,11H2,1H3. The van der Waals surface area contributed by atoms with Crippen LogP contribution < -0.4 is 5.73 Å². The Morgan fingerprint density at radius 1 is 1.43 bits per heavy atom. The summed E-state index contributed by atoms with van der Waals surface area (Å²) in [7, 11) is 1.89. The minimum absolute atomic E-state index is 0.466. The molecule has 0 saturated heterocycles. The molecule has 2 rings (SSSR count). The van der Waals surface area contributed by atoms with E-state index in [0.29, 0.717) is 6.54 Å². The van der Waals surface area contributed by atoms with Gasteiger partial charge < -0.3 is 5.73 Å². The van der Waals surface area contributed by atoms with Crippen LogP contribution in [0.15, 0.2) is 30.6 Å². The van der Waals surface area contributed by atoms with Crippen LogP contribution in [0.1, 0.15) is 5.69 Å². The molecule has 2 aromatic heterocycles. The fourth-order valence-electron chi connectivity index (χ4n) is 1.31. The van der Waals surface area contributed by atoms with E-state index in [1.165, 1.54) is 0 Å². The van der Waals surface area contributed by atoms with E-state index < -0.39 is 0 Å². The first kappa shape index (κ1) is 8.90. The second-order valence-electron chi connectivity index (χ2n) is 3.12. The molecule has 0 fully saturated rings. The maximum absolute atomic E-state index is 5.52. The Balaban J connectivity index is 2.41. The highest BCUT2D eigenvalue weighted by Crippen LogP contribution is 2.15. The van der Waals surface area contributed by atoms with Crippen LogP contribution in [0.25, 0.3) is 11.3 Å². The van der Waals surface area contributed by atoms with Crippen molar-refractivity contribution in [3.8, 4) is 11.3 Å². The number of hydrogen-bond acceptors (Lipinski definition) is 3. The number of aryl methyl sites for hydroxylation is 1. The van der Waals surface area contributed by atoms with Crippen LogP contribution in [0, 0.1) is 0 Å². The van der Waals surface area contributed by atoms with Gasteiger partial charge in [0, 0.05) is 25.4 Å².